The number of halogens is 1. The second-order valence-corrected chi connectivity index (χ2v) is 6.22. The number of fused-ring (bicyclic) bond motifs is 1. The number of thiocarbonyl (C=S) groups is 1. The molecule has 0 aliphatic carbocycles. The van der Waals surface area contributed by atoms with E-state index in [1.54, 1.807) is 0 Å². The molecule has 1 heterocycles. The number of rotatable bonds is 4. The average Bonchev–Trinajstić information content (AvgIpc) is 2.88. The third-order valence-electron chi connectivity index (χ3n) is 3.35. The maximum absolute atomic E-state index is 5.86. The van der Waals surface area contributed by atoms with Crippen LogP contribution in [0.25, 0.3) is 0 Å². The minimum atomic E-state index is 0.0187. The Morgan fingerprint density at radius 2 is 2.14 bits per heavy atom. The molecule has 0 bridgehead atoms. The second kappa shape index (κ2) is 6.03. The van der Waals surface area contributed by atoms with Gasteiger partial charge in [0.25, 0.3) is 0 Å². The summed E-state index contributed by atoms with van der Waals surface area (Å²) >= 11 is 8.47. The van der Waals surface area contributed by atoms with Crippen molar-refractivity contribution in [1.29, 1.82) is 0 Å². The summed E-state index contributed by atoms with van der Waals surface area (Å²) in [7, 11) is 0. The van der Waals surface area contributed by atoms with Gasteiger partial charge in [-0.25, -0.2) is 0 Å². The van der Waals surface area contributed by atoms with Crippen molar-refractivity contribution in [2.75, 3.05) is 6.61 Å². The van der Waals surface area contributed by atoms with Crippen molar-refractivity contribution in [1.82, 2.24) is 0 Å². The molecular weight excluding hydrogens is 350 g/mol. The van der Waals surface area contributed by atoms with E-state index in [1.807, 2.05) is 36.4 Å². The lowest BCUT2D eigenvalue weighted by molar-refractivity contribution is 0.148. The zero-order valence-corrected chi connectivity index (χ0v) is 13.6. The first-order valence-electron chi connectivity index (χ1n) is 6.60. The van der Waals surface area contributed by atoms with E-state index < -0.39 is 0 Å². The number of para-hydroxylation sites is 1. The topological polar surface area (TPSA) is 44.5 Å². The number of hydrogen-bond donors (Lipinski definition) is 1. The van der Waals surface area contributed by atoms with Crippen LogP contribution in [-0.4, -0.2) is 17.7 Å². The van der Waals surface area contributed by atoms with Crippen LogP contribution in [-0.2, 0) is 6.42 Å². The fraction of sp³-hybridized carbons (Fsp3) is 0.188. The van der Waals surface area contributed by atoms with Crippen molar-refractivity contribution in [3.05, 3.63) is 58.1 Å². The molecule has 1 atom stereocenters. The van der Waals surface area contributed by atoms with Gasteiger partial charge in [0.05, 0.1) is 5.56 Å². The normalized spacial score (nSPS) is 16.1. The number of nitrogens with two attached hydrogens (primary N) is 1. The third-order valence-corrected chi connectivity index (χ3v) is 4.06. The quantitative estimate of drug-likeness (QED) is 0.844. The minimum absolute atomic E-state index is 0.0187. The Bertz CT molecular complexity index is 665. The summed E-state index contributed by atoms with van der Waals surface area (Å²) in [5, 5.41) is 0. The van der Waals surface area contributed by atoms with Gasteiger partial charge < -0.3 is 15.2 Å². The molecule has 21 heavy (non-hydrogen) atoms. The van der Waals surface area contributed by atoms with Crippen LogP contribution >= 0.6 is 28.1 Å². The molecular formula is C16H14BrNO2S. The first-order chi connectivity index (χ1) is 10.1. The minimum Gasteiger partial charge on any atom is -0.489 e. The molecule has 0 amide bonds. The van der Waals surface area contributed by atoms with Crippen LogP contribution in [0, 0.1) is 0 Å². The van der Waals surface area contributed by atoms with Crippen LogP contribution in [0.3, 0.4) is 0 Å². The Morgan fingerprint density at radius 1 is 1.33 bits per heavy atom. The lowest BCUT2D eigenvalue weighted by atomic mass is 10.1. The highest BCUT2D eigenvalue weighted by Crippen LogP contribution is 2.29. The molecule has 2 aromatic rings. The van der Waals surface area contributed by atoms with Gasteiger partial charge in [0.2, 0.25) is 0 Å². The molecule has 1 aliphatic heterocycles. The average molecular weight is 364 g/mol. The Kier molecular flexibility index (Phi) is 4.12. The van der Waals surface area contributed by atoms with Crippen molar-refractivity contribution < 1.29 is 9.47 Å². The Hall–Kier alpha value is -1.59. The van der Waals surface area contributed by atoms with E-state index in [9.17, 15) is 0 Å². The molecule has 0 aromatic heterocycles. The van der Waals surface area contributed by atoms with E-state index in [1.165, 1.54) is 5.56 Å². The molecule has 0 fully saturated rings. The number of hydrogen-bond acceptors (Lipinski definition) is 3. The predicted octanol–water partition coefficient (Wildman–Crippen LogP) is 3.47. The Morgan fingerprint density at radius 3 is 2.90 bits per heavy atom. The first-order valence-corrected chi connectivity index (χ1v) is 7.80. The largest absolute Gasteiger partial charge is 0.489 e. The van der Waals surface area contributed by atoms with Gasteiger partial charge in [-0.05, 0) is 29.8 Å². The van der Waals surface area contributed by atoms with E-state index in [2.05, 4.69) is 22.0 Å². The van der Waals surface area contributed by atoms with Gasteiger partial charge in [-0.2, -0.15) is 0 Å². The summed E-state index contributed by atoms with van der Waals surface area (Å²) in [4.78, 5) is 0.321. The van der Waals surface area contributed by atoms with Crippen molar-refractivity contribution in [3.8, 4) is 11.5 Å². The van der Waals surface area contributed by atoms with Crippen LogP contribution in [0.5, 0.6) is 11.5 Å². The monoisotopic (exact) mass is 363 g/mol. The van der Waals surface area contributed by atoms with Crippen molar-refractivity contribution >= 4 is 33.1 Å². The van der Waals surface area contributed by atoms with Gasteiger partial charge in [-0.1, -0.05) is 46.3 Å². The van der Waals surface area contributed by atoms with E-state index in [4.69, 9.17) is 27.4 Å². The molecule has 0 saturated carbocycles. The van der Waals surface area contributed by atoms with Gasteiger partial charge in [0, 0.05) is 10.9 Å². The van der Waals surface area contributed by atoms with Crippen molar-refractivity contribution in [3.63, 3.8) is 0 Å². The zero-order valence-electron chi connectivity index (χ0n) is 11.2. The third kappa shape index (κ3) is 3.19. The maximum Gasteiger partial charge on any atom is 0.137 e. The number of ether oxygens (including phenoxy) is 2. The molecule has 0 spiro atoms. The standard InChI is InChI=1S/C16H14BrNO2S/c17-11-5-6-15(13(8-11)16(18)21)19-9-12-7-10-3-1-2-4-14(10)20-12/h1-6,8,12H,7,9H2,(H2,18,21). The molecule has 108 valence electrons. The second-order valence-electron chi connectivity index (χ2n) is 4.87. The summed E-state index contributed by atoms with van der Waals surface area (Å²) in [5.74, 6) is 1.63. The van der Waals surface area contributed by atoms with E-state index in [0.717, 1.165) is 22.2 Å². The highest BCUT2D eigenvalue weighted by atomic mass is 79.9. The summed E-state index contributed by atoms with van der Waals surface area (Å²) in [6, 6.07) is 13.7. The fourth-order valence-corrected chi connectivity index (χ4v) is 2.87. The van der Waals surface area contributed by atoms with Crippen LogP contribution in [0.4, 0.5) is 0 Å². The highest BCUT2D eigenvalue weighted by Gasteiger charge is 2.23. The maximum atomic E-state index is 5.86. The van der Waals surface area contributed by atoms with Gasteiger partial charge in [0.15, 0.2) is 0 Å². The Labute approximate surface area is 137 Å². The summed E-state index contributed by atoms with van der Waals surface area (Å²) < 4.78 is 12.6. The lowest BCUT2D eigenvalue weighted by Crippen LogP contribution is -2.23. The van der Waals surface area contributed by atoms with E-state index in [-0.39, 0.29) is 6.10 Å². The summed E-state index contributed by atoms with van der Waals surface area (Å²) in [5.41, 5.74) is 7.69. The van der Waals surface area contributed by atoms with Gasteiger partial charge in [-0.3, -0.25) is 0 Å². The molecule has 2 N–H and O–H groups in total. The summed E-state index contributed by atoms with van der Waals surface area (Å²) in [6.45, 7) is 0.464. The highest BCUT2D eigenvalue weighted by molar-refractivity contribution is 9.10. The first kappa shape index (κ1) is 14.4. The van der Waals surface area contributed by atoms with Crippen LogP contribution < -0.4 is 15.2 Å². The molecule has 0 saturated heterocycles. The molecule has 2 aromatic carbocycles. The smallest absolute Gasteiger partial charge is 0.137 e. The van der Waals surface area contributed by atoms with Crippen molar-refractivity contribution in [2.45, 2.75) is 12.5 Å². The zero-order chi connectivity index (χ0) is 14.8. The number of benzene rings is 2. The van der Waals surface area contributed by atoms with Crippen LogP contribution in [0.1, 0.15) is 11.1 Å². The fourth-order valence-electron chi connectivity index (χ4n) is 2.35. The molecule has 1 aliphatic rings. The molecule has 3 nitrogen and oxygen atoms in total. The molecule has 1 unspecified atom stereocenters. The summed E-state index contributed by atoms with van der Waals surface area (Å²) in [6.07, 6.45) is 0.875. The van der Waals surface area contributed by atoms with E-state index >= 15 is 0 Å². The predicted molar refractivity (Wildman–Crippen MR) is 90.1 cm³/mol. The van der Waals surface area contributed by atoms with Gasteiger partial charge in [0.1, 0.15) is 29.2 Å². The molecule has 3 rings (SSSR count). The SMILES string of the molecule is NC(=S)c1cc(Br)ccc1OCC1Cc2ccccc2O1. The molecule has 5 heteroatoms. The Balaban J connectivity index is 1.68. The van der Waals surface area contributed by atoms with Gasteiger partial charge >= 0.3 is 0 Å². The van der Waals surface area contributed by atoms with Gasteiger partial charge in [-0.15, -0.1) is 0 Å². The van der Waals surface area contributed by atoms with Crippen molar-refractivity contribution in [2.24, 2.45) is 5.73 Å². The van der Waals surface area contributed by atoms with E-state index in [0.29, 0.717) is 17.3 Å². The van der Waals surface area contributed by atoms with Crippen LogP contribution in [0.15, 0.2) is 46.9 Å². The van der Waals surface area contributed by atoms with Crippen LogP contribution in [0.2, 0.25) is 0 Å². The molecule has 0 radical (unpaired) electrons. The lowest BCUT2D eigenvalue weighted by Gasteiger charge is -2.15.